The quantitative estimate of drug-likeness (QED) is 0.577. The summed E-state index contributed by atoms with van der Waals surface area (Å²) >= 11 is 0. The van der Waals surface area contributed by atoms with Gasteiger partial charge in [0.25, 0.3) is 0 Å². The predicted octanol–water partition coefficient (Wildman–Crippen LogP) is 4.56. The normalized spacial score (nSPS) is 11.6. The third kappa shape index (κ3) is 4.69. The smallest absolute Gasteiger partial charge is 0.344 e. The Labute approximate surface area is 142 Å². The summed E-state index contributed by atoms with van der Waals surface area (Å²) in [4.78, 5) is 24.8. The summed E-state index contributed by atoms with van der Waals surface area (Å²) in [5.74, 6) is -0.633. The van der Waals surface area contributed by atoms with E-state index in [1.54, 1.807) is 36.4 Å². The van der Waals surface area contributed by atoms with Crippen LogP contribution in [0, 0.1) is 6.92 Å². The largest absolute Gasteiger partial charge is 0.459 e. The van der Waals surface area contributed by atoms with Crippen LogP contribution in [0.25, 0.3) is 0 Å². The molecule has 4 nitrogen and oxygen atoms in total. The van der Waals surface area contributed by atoms with Gasteiger partial charge in [-0.05, 0) is 50.1 Å². The van der Waals surface area contributed by atoms with Gasteiger partial charge >= 0.3 is 11.9 Å². The zero-order valence-corrected chi connectivity index (χ0v) is 14.2. The second-order valence-electron chi connectivity index (χ2n) is 5.76. The molecule has 1 unspecified atom stereocenters. The minimum absolute atomic E-state index is 0.191. The molecule has 0 heterocycles. The Morgan fingerprint density at radius 3 is 2.29 bits per heavy atom. The topological polar surface area (TPSA) is 52.6 Å². The van der Waals surface area contributed by atoms with Gasteiger partial charge < -0.3 is 9.47 Å². The van der Waals surface area contributed by atoms with Crippen LogP contribution in [-0.4, -0.2) is 18.0 Å². The van der Waals surface area contributed by atoms with Gasteiger partial charge in [-0.1, -0.05) is 37.6 Å². The SMILES string of the molecule is CCCC(C)OC(=O)c1ccccc1C(=O)Oc1cccc(C)c1. The first-order valence-electron chi connectivity index (χ1n) is 8.10. The molecule has 0 amide bonds. The Hall–Kier alpha value is -2.62. The predicted molar refractivity (Wildman–Crippen MR) is 92.4 cm³/mol. The fourth-order valence-electron chi connectivity index (χ4n) is 2.39. The summed E-state index contributed by atoms with van der Waals surface area (Å²) in [6.07, 6.45) is 1.51. The van der Waals surface area contributed by atoms with Crippen LogP contribution in [0.5, 0.6) is 5.75 Å². The second kappa shape index (κ2) is 8.29. The maximum atomic E-state index is 12.4. The number of carbonyl (C=O) groups excluding carboxylic acids is 2. The summed E-state index contributed by atoms with van der Waals surface area (Å²) in [5, 5.41) is 0. The number of esters is 2. The van der Waals surface area contributed by atoms with Crippen LogP contribution in [0.2, 0.25) is 0 Å². The van der Waals surface area contributed by atoms with E-state index in [2.05, 4.69) is 0 Å². The molecule has 0 aliphatic heterocycles. The van der Waals surface area contributed by atoms with Crippen molar-refractivity contribution in [2.24, 2.45) is 0 Å². The third-order valence-corrected chi connectivity index (χ3v) is 3.57. The van der Waals surface area contributed by atoms with E-state index in [4.69, 9.17) is 9.47 Å². The molecular formula is C20H22O4. The molecule has 2 rings (SSSR count). The Balaban J connectivity index is 2.18. The van der Waals surface area contributed by atoms with Gasteiger partial charge in [-0.3, -0.25) is 0 Å². The maximum absolute atomic E-state index is 12.4. The minimum atomic E-state index is -0.573. The van der Waals surface area contributed by atoms with Crippen LogP contribution < -0.4 is 4.74 Å². The van der Waals surface area contributed by atoms with Crippen LogP contribution >= 0.6 is 0 Å². The highest BCUT2D eigenvalue weighted by atomic mass is 16.5. The molecule has 126 valence electrons. The van der Waals surface area contributed by atoms with Crippen LogP contribution in [0.3, 0.4) is 0 Å². The summed E-state index contributed by atoms with van der Waals surface area (Å²) in [5.41, 5.74) is 1.41. The fraction of sp³-hybridized carbons (Fsp3) is 0.300. The van der Waals surface area contributed by atoms with E-state index in [1.165, 1.54) is 0 Å². The molecule has 0 aliphatic carbocycles. The van der Waals surface area contributed by atoms with Gasteiger partial charge in [0.1, 0.15) is 5.75 Å². The van der Waals surface area contributed by atoms with E-state index < -0.39 is 11.9 Å². The highest BCUT2D eigenvalue weighted by molar-refractivity contribution is 6.03. The van der Waals surface area contributed by atoms with E-state index in [0.29, 0.717) is 5.75 Å². The average molecular weight is 326 g/mol. The van der Waals surface area contributed by atoms with Crippen molar-refractivity contribution in [3.05, 3.63) is 65.2 Å². The van der Waals surface area contributed by atoms with Gasteiger partial charge in [0.2, 0.25) is 0 Å². The van der Waals surface area contributed by atoms with Crippen molar-refractivity contribution < 1.29 is 19.1 Å². The van der Waals surface area contributed by atoms with Crippen LogP contribution in [0.1, 0.15) is 53.0 Å². The van der Waals surface area contributed by atoms with Gasteiger partial charge in [0, 0.05) is 0 Å². The second-order valence-corrected chi connectivity index (χ2v) is 5.76. The van der Waals surface area contributed by atoms with Gasteiger partial charge in [-0.2, -0.15) is 0 Å². The van der Waals surface area contributed by atoms with Crippen LogP contribution in [0.15, 0.2) is 48.5 Å². The number of benzene rings is 2. The van der Waals surface area contributed by atoms with Gasteiger partial charge in [0.15, 0.2) is 0 Å². The molecule has 0 aliphatic rings. The fourth-order valence-corrected chi connectivity index (χ4v) is 2.39. The van der Waals surface area contributed by atoms with Gasteiger partial charge in [-0.15, -0.1) is 0 Å². The van der Waals surface area contributed by atoms with Crippen molar-refractivity contribution in [3.8, 4) is 5.75 Å². The van der Waals surface area contributed by atoms with Crippen molar-refractivity contribution in [2.75, 3.05) is 0 Å². The lowest BCUT2D eigenvalue weighted by atomic mass is 10.1. The molecule has 1 atom stereocenters. The molecule has 0 aromatic heterocycles. The average Bonchev–Trinajstić information content (AvgIpc) is 2.55. The number of hydrogen-bond acceptors (Lipinski definition) is 4. The maximum Gasteiger partial charge on any atom is 0.344 e. The summed E-state index contributed by atoms with van der Waals surface area (Å²) < 4.78 is 10.8. The molecule has 24 heavy (non-hydrogen) atoms. The Bertz CT molecular complexity index is 721. The summed E-state index contributed by atoms with van der Waals surface area (Å²) in [6.45, 7) is 5.78. The highest BCUT2D eigenvalue weighted by Gasteiger charge is 2.21. The summed E-state index contributed by atoms with van der Waals surface area (Å²) in [7, 11) is 0. The lowest BCUT2D eigenvalue weighted by Gasteiger charge is -2.14. The molecule has 0 bridgehead atoms. The Kier molecular flexibility index (Phi) is 6.13. The van der Waals surface area contributed by atoms with E-state index in [-0.39, 0.29) is 17.2 Å². The minimum Gasteiger partial charge on any atom is -0.459 e. The van der Waals surface area contributed by atoms with Crippen LogP contribution in [0.4, 0.5) is 0 Å². The first kappa shape index (κ1) is 17.7. The van der Waals surface area contributed by atoms with Crippen molar-refractivity contribution in [1.82, 2.24) is 0 Å². The van der Waals surface area contributed by atoms with Crippen molar-refractivity contribution in [1.29, 1.82) is 0 Å². The lowest BCUT2D eigenvalue weighted by molar-refractivity contribution is 0.0318. The molecule has 0 N–H and O–H groups in total. The molecule has 2 aromatic carbocycles. The van der Waals surface area contributed by atoms with E-state index in [1.807, 2.05) is 32.9 Å². The zero-order chi connectivity index (χ0) is 17.5. The molecule has 0 spiro atoms. The van der Waals surface area contributed by atoms with Gasteiger partial charge in [-0.25, -0.2) is 9.59 Å². The number of ether oxygens (including phenoxy) is 2. The number of aryl methyl sites for hydroxylation is 1. The number of rotatable bonds is 6. The molecule has 0 fully saturated rings. The monoisotopic (exact) mass is 326 g/mol. The van der Waals surface area contributed by atoms with Crippen molar-refractivity contribution in [2.45, 2.75) is 39.7 Å². The molecule has 0 radical (unpaired) electrons. The Morgan fingerprint density at radius 2 is 1.67 bits per heavy atom. The first-order chi connectivity index (χ1) is 11.5. The number of carbonyl (C=O) groups is 2. The number of hydrogen-bond donors (Lipinski definition) is 0. The third-order valence-electron chi connectivity index (χ3n) is 3.57. The lowest BCUT2D eigenvalue weighted by Crippen LogP contribution is -2.19. The first-order valence-corrected chi connectivity index (χ1v) is 8.10. The molecule has 0 saturated heterocycles. The molecule has 2 aromatic rings. The highest BCUT2D eigenvalue weighted by Crippen LogP contribution is 2.18. The van der Waals surface area contributed by atoms with Gasteiger partial charge in [0.05, 0.1) is 17.2 Å². The van der Waals surface area contributed by atoms with Crippen LogP contribution in [-0.2, 0) is 4.74 Å². The van der Waals surface area contributed by atoms with Crippen molar-refractivity contribution >= 4 is 11.9 Å². The van der Waals surface area contributed by atoms with Crippen molar-refractivity contribution in [3.63, 3.8) is 0 Å². The van der Waals surface area contributed by atoms with E-state index in [9.17, 15) is 9.59 Å². The van der Waals surface area contributed by atoms with E-state index >= 15 is 0 Å². The molecule has 0 saturated carbocycles. The standard InChI is InChI=1S/C20H22O4/c1-4-8-15(3)23-19(21)17-11-5-6-12-18(17)20(22)24-16-10-7-9-14(2)13-16/h5-7,9-13,15H,4,8H2,1-3H3. The zero-order valence-electron chi connectivity index (χ0n) is 14.2. The molecular weight excluding hydrogens is 304 g/mol. The van der Waals surface area contributed by atoms with E-state index in [0.717, 1.165) is 18.4 Å². The molecule has 4 heteroatoms. The Morgan fingerprint density at radius 1 is 1.00 bits per heavy atom. The summed E-state index contributed by atoms with van der Waals surface area (Å²) in [6, 6.07) is 13.7.